The van der Waals surface area contributed by atoms with Gasteiger partial charge in [-0.3, -0.25) is 0 Å². The topological polar surface area (TPSA) is 30.5 Å². The SMILES string of the molecule is Cc1ccc(Cl)cc1OCC1CCC(CNC(C)C)O1. The van der Waals surface area contributed by atoms with Crippen LogP contribution in [0.4, 0.5) is 0 Å². The molecular formula is C16H24ClNO2. The Hall–Kier alpha value is -0.770. The Kier molecular flexibility index (Phi) is 5.70. The van der Waals surface area contributed by atoms with Crippen molar-refractivity contribution in [3.05, 3.63) is 28.8 Å². The maximum atomic E-state index is 5.99. The number of rotatable bonds is 6. The van der Waals surface area contributed by atoms with E-state index in [1.54, 1.807) is 0 Å². The van der Waals surface area contributed by atoms with Crippen molar-refractivity contribution in [3.8, 4) is 5.75 Å². The molecule has 2 unspecified atom stereocenters. The highest BCUT2D eigenvalue weighted by Crippen LogP contribution is 2.25. The van der Waals surface area contributed by atoms with Crippen LogP contribution in [-0.2, 0) is 4.74 Å². The van der Waals surface area contributed by atoms with Crippen LogP contribution < -0.4 is 10.1 Å². The zero-order valence-corrected chi connectivity index (χ0v) is 13.2. The summed E-state index contributed by atoms with van der Waals surface area (Å²) in [5, 5.41) is 4.12. The lowest BCUT2D eigenvalue weighted by molar-refractivity contribution is 0.0177. The molecule has 0 aromatic heterocycles. The van der Waals surface area contributed by atoms with Gasteiger partial charge in [0.05, 0.1) is 12.2 Å². The number of nitrogens with one attached hydrogen (secondary N) is 1. The van der Waals surface area contributed by atoms with E-state index >= 15 is 0 Å². The summed E-state index contributed by atoms with van der Waals surface area (Å²) in [4.78, 5) is 0. The van der Waals surface area contributed by atoms with Gasteiger partial charge in [-0.2, -0.15) is 0 Å². The Morgan fingerprint density at radius 3 is 2.85 bits per heavy atom. The van der Waals surface area contributed by atoms with Gasteiger partial charge in [-0.15, -0.1) is 0 Å². The van der Waals surface area contributed by atoms with E-state index in [1.165, 1.54) is 0 Å². The second-order valence-electron chi connectivity index (χ2n) is 5.74. The number of aryl methyl sites for hydroxylation is 1. The Morgan fingerprint density at radius 1 is 1.35 bits per heavy atom. The quantitative estimate of drug-likeness (QED) is 0.871. The van der Waals surface area contributed by atoms with Crippen LogP contribution in [0.15, 0.2) is 18.2 Å². The van der Waals surface area contributed by atoms with Crippen molar-refractivity contribution in [1.29, 1.82) is 0 Å². The fourth-order valence-corrected chi connectivity index (χ4v) is 2.49. The Labute approximate surface area is 126 Å². The number of ether oxygens (including phenoxy) is 2. The zero-order valence-electron chi connectivity index (χ0n) is 12.5. The van der Waals surface area contributed by atoms with Crippen LogP contribution in [0.5, 0.6) is 5.75 Å². The number of halogens is 1. The third kappa shape index (κ3) is 4.65. The van der Waals surface area contributed by atoms with E-state index in [-0.39, 0.29) is 6.10 Å². The highest BCUT2D eigenvalue weighted by Gasteiger charge is 2.25. The van der Waals surface area contributed by atoms with Crippen LogP contribution in [0.3, 0.4) is 0 Å². The summed E-state index contributed by atoms with van der Waals surface area (Å²) in [6, 6.07) is 6.22. The molecule has 0 radical (unpaired) electrons. The standard InChI is InChI=1S/C16H24ClNO2/c1-11(2)18-9-14-6-7-15(20-14)10-19-16-8-13(17)5-4-12(16)3/h4-5,8,11,14-15,18H,6-7,9-10H2,1-3H3. The molecule has 0 spiro atoms. The minimum Gasteiger partial charge on any atom is -0.491 e. The maximum absolute atomic E-state index is 5.99. The second-order valence-corrected chi connectivity index (χ2v) is 6.18. The van der Waals surface area contributed by atoms with E-state index in [0.29, 0.717) is 23.8 Å². The summed E-state index contributed by atoms with van der Waals surface area (Å²) in [6.07, 6.45) is 2.66. The monoisotopic (exact) mass is 297 g/mol. The third-order valence-electron chi connectivity index (χ3n) is 3.52. The fraction of sp³-hybridized carbons (Fsp3) is 0.625. The summed E-state index contributed by atoms with van der Waals surface area (Å²) < 4.78 is 11.8. The van der Waals surface area contributed by atoms with Crippen molar-refractivity contribution in [2.24, 2.45) is 0 Å². The highest BCUT2D eigenvalue weighted by molar-refractivity contribution is 6.30. The number of hydrogen-bond acceptors (Lipinski definition) is 3. The molecule has 1 aliphatic rings. The molecule has 1 saturated heterocycles. The van der Waals surface area contributed by atoms with E-state index in [2.05, 4.69) is 19.2 Å². The van der Waals surface area contributed by atoms with Crippen LogP contribution in [0.1, 0.15) is 32.3 Å². The van der Waals surface area contributed by atoms with Gasteiger partial charge in [0.1, 0.15) is 12.4 Å². The molecule has 1 aromatic rings. The molecule has 1 N–H and O–H groups in total. The highest BCUT2D eigenvalue weighted by atomic mass is 35.5. The van der Waals surface area contributed by atoms with Gasteiger partial charge in [0.15, 0.2) is 0 Å². The Morgan fingerprint density at radius 2 is 2.10 bits per heavy atom. The average molecular weight is 298 g/mol. The number of hydrogen-bond donors (Lipinski definition) is 1. The summed E-state index contributed by atoms with van der Waals surface area (Å²) >= 11 is 5.99. The van der Waals surface area contributed by atoms with Crippen molar-refractivity contribution < 1.29 is 9.47 Å². The maximum Gasteiger partial charge on any atom is 0.123 e. The van der Waals surface area contributed by atoms with Crippen molar-refractivity contribution >= 4 is 11.6 Å². The van der Waals surface area contributed by atoms with E-state index in [9.17, 15) is 0 Å². The van der Waals surface area contributed by atoms with E-state index in [1.807, 2.05) is 25.1 Å². The summed E-state index contributed by atoms with van der Waals surface area (Å²) in [7, 11) is 0. The molecule has 2 rings (SSSR count). The Balaban J connectivity index is 1.76. The van der Waals surface area contributed by atoms with Crippen LogP contribution in [0.25, 0.3) is 0 Å². The molecule has 1 aliphatic heterocycles. The van der Waals surface area contributed by atoms with Gasteiger partial charge in [-0.25, -0.2) is 0 Å². The van der Waals surface area contributed by atoms with Gasteiger partial charge in [0, 0.05) is 17.6 Å². The summed E-state index contributed by atoms with van der Waals surface area (Å²) in [5.41, 5.74) is 1.10. The first kappa shape index (κ1) is 15.6. The van der Waals surface area contributed by atoms with Crippen LogP contribution in [0.2, 0.25) is 5.02 Å². The van der Waals surface area contributed by atoms with Gasteiger partial charge in [-0.1, -0.05) is 31.5 Å². The van der Waals surface area contributed by atoms with E-state index in [0.717, 1.165) is 30.7 Å². The molecule has 1 fully saturated rings. The lowest BCUT2D eigenvalue weighted by Gasteiger charge is -2.17. The lowest BCUT2D eigenvalue weighted by Crippen LogP contribution is -2.32. The Bertz CT molecular complexity index is 436. The largest absolute Gasteiger partial charge is 0.491 e. The zero-order chi connectivity index (χ0) is 14.5. The van der Waals surface area contributed by atoms with E-state index in [4.69, 9.17) is 21.1 Å². The molecule has 4 heteroatoms. The summed E-state index contributed by atoms with van der Waals surface area (Å²) in [5.74, 6) is 0.852. The van der Waals surface area contributed by atoms with Gasteiger partial charge in [-0.05, 0) is 37.5 Å². The molecule has 1 heterocycles. The minimum atomic E-state index is 0.187. The van der Waals surface area contributed by atoms with Crippen LogP contribution >= 0.6 is 11.6 Å². The third-order valence-corrected chi connectivity index (χ3v) is 3.76. The molecule has 112 valence electrons. The van der Waals surface area contributed by atoms with Crippen molar-refractivity contribution in [3.63, 3.8) is 0 Å². The molecule has 0 saturated carbocycles. The van der Waals surface area contributed by atoms with Gasteiger partial charge < -0.3 is 14.8 Å². The predicted octanol–water partition coefficient (Wildman–Crippen LogP) is 3.57. The predicted molar refractivity (Wildman–Crippen MR) is 82.7 cm³/mol. The first-order valence-corrected chi connectivity index (χ1v) is 7.70. The lowest BCUT2D eigenvalue weighted by atomic mass is 10.2. The molecule has 1 aromatic carbocycles. The average Bonchev–Trinajstić information content (AvgIpc) is 2.85. The normalized spacial score (nSPS) is 22.4. The van der Waals surface area contributed by atoms with Gasteiger partial charge in [0.25, 0.3) is 0 Å². The molecular weight excluding hydrogens is 274 g/mol. The second kappa shape index (κ2) is 7.30. The first-order chi connectivity index (χ1) is 9.54. The van der Waals surface area contributed by atoms with Gasteiger partial charge in [0.2, 0.25) is 0 Å². The van der Waals surface area contributed by atoms with Crippen LogP contribution in [-0.4, -0.2) is 31.4 Å². The minimum absolute atomic E-state index is 0.187. The first-order valence-electron chi connectivity index (χ1n) is 7.32. The molecule has 0 aliphatic carbocycles. The smallest absolute Gasteiger partial charge is 0.123 e. The van der Waals surface area contributed by atoms with Crippen LogP contribution in [0, 0.1) is 6.92 Å². The molecule has 2 atom stereocenters. The number of benzene rings is 1. The van der Waals surface area contributed by atoms with E-state index < -0.39 is 0 Å². The van der Waals surface area contributed by atoms with Gasteiger partial charge >= 0.3 is 0 Å². The molecule has 3 nitrogen and oxygen atoms in total. The van der Waals surface area contributed by atoms with Crippen molar-refractivity contribution in [1.82, 2.24) is 5.32 Å². The molecule has 0 amide bonds. The van der Waals surface area contributed by atoms with Crippen molar-refractivity contribution in [2.45, 2.75) is 51.9 Å². The fourth-order valence-electron chi connectivity index (χ4n) is 2.33. The molecule has 20 heavy (non-hydrogen) atoms. The molecule has 0 bridgehead atoms. The van der Waals surface area contributed by atoms with Crippen molar-refractivity contribution in [2.75, 3.05) is 13.2 Å². The summed E-state index contributed by atoms with van der Waals surface area (Å²) in [6.45, 7) is 7.84.